The van der Waals surface area contributed by atoms with E-state index in [9.17, 15) is 0 Å². The van der Waals surface area contributed by atoms with Crippen LogP contribution in [0.2, 0.25) is 0 Å². The second-order valence-corrected chi connectivity index (χ2v) is 3.55. The van der Waals surface area contributed by atoms with Gasteiger partial charge in [0, 0.05) is 0 Å². The van der Waals surface area contributed by atoms with Crippen LogP contribution in [-0.4, -0.2) is 17.7 Å². The molecule has 1 aliphatic rings. The van der Waals surface area contributed by atoms with E-state index in [2.05, 4.69) is 0 Å². The molecule has 0 aromatic carbocycles. The van der Waals surface area contributed by atoms with E-state index in [1.54, 1.807) is 0 Å². The molecule has 0 amide bonds. The second-order valence-electron chi connectivity index (χ2n) is 3.08. The summed E-state index contributed by atoms with van der Waals surface area (Å²) in [5.41, 5.74) is 5.46. The molecule has 1 rings (SSSR count). The van der Waals surface area contributed by atoms with E-state index in [0.29, 0.717) is 4.99 Å². The van der Waals surface area contributed by atoms with Gasteiger partial charge in [-0.05, 0) is 25.2 Å². The Balaban J connectivity index is 2.13. The SMILES string of the molecule is CCC(OCC1CC1)C(N)=S. The van der Waals surface area contributed by atoms with Crippen molar-refractivity contribution in [2.45, 2.75) is 32.3 Å². The molecule has 1 atom stereocenters. The maximum absolute atomic E-state index is 5.51. The van der Waals surface area contributed by atoms with Crippen molar-refractivity contribution in [3.63, 3.8) is 0 Å². The van der Waals surface area contributed by atoms with Crippen LogP contribution in [0.3, 0.4) is 0 Å². The molecular formula is C8H15NOS. The number of nitrogens with two attached hydrogens (primary N) is 1. The van der Waals surface area contributed by atoms with Crippen molar-refractivity contribution >= 4 is 17.2 Å². The molecule has 1 fully saturated rings. The summed E-state index contributed by atoms with van der Waals surface area (Å²) in [7, 11) is 0. The first-order valence-electron chi connectivity index (χ1n) is 4.15. The Hall–Kier alpha value is -0.150. The quantitative estimate of drug-likeness (QED) is 0.640. The molecule has 11 heavy (non-hydrogen) atoms. The Kier molecular flexibility index (Phi) is 3.27. The Morgan fingerprint density at radius 3 is 2.73 bits per heavy atom. The highest BCUT2D eigenvalue weighted by Crippen LogP contribution is 2.29. The van der Waals surface area contributed by atoms with Crippen LogP contribution in [0, 0.1) is 5.92 Å². The fraction of sp³-hybridized carbons (Fsp3) is 0.875. The maximum atomic E-state index is 5.51. The van der Waals surface area contributed by atoms with E-state index in [4.69, 9.17) is 22.7 Å². The van der Waals surface area contributed by atoms with Crippen LogP contribution in [0.15, 0.2) is 0 Å². The minimum atomic E-state index is 0.00519. The molecule has 0 saturated heterocycles. The predicted octanol–water partition coefficient (Wildman–Crippen LogP) is 1.48. The average Bonchev–Trinajstić information content (AvgIpc) is 2.72. The molecule has 0 aliphatic heterocycles. The van der Waals surface area contributed by atoms with Crippen molar-refractivity contribution in [3.05, 3.63) is 0 Å². The number of thiocarbonyl (C=S) groups is 1. The molecule has 3 heteroatoms. The minimum absolute atomic E-state index is 0.00519. The third-order valence-electron chi connectivity index (χ3n) is 1.92. The van der Waals surface area contributed by atoms with Crippen LogP contribution in [0.5, 0.6) is 0 Å². The third kappa shape index (κ3) is 3.16. The molecular weight excluding hydrogens is 158 g/mol. The first kappa shape index (κ1) is 8.94. The lowest BCUT2D eigenvalue weighted by Gasteiger charge is -2.13. The van der Waals surface area contributed by atoms with Gasteiger partial charge in [-0.2, -0.15) is 0 Å². The van der Waals surface area contributed by atoms with Crippen molar-refractivity contribution in [3.8, 4) is 0 Å². The summed E-state index contributed by atoms with van der Waals surface area (Å²) in [6.07, 6.45) is 3.52. The van der Waals surface area contributed by atoms with E-state index in [0.717, 1.165) is 18.9 Å². The highest BCUT2D eigenvalue weighted by atomic mass is 32.1. The molecule has 1 saturated carbocycles. The Bertz CT molecular complexity index is 145. The van der Waals surface area contributed by atoms with Gasteiger partial charge in [-0.25, -0.2) is 0 Å². The van der Waals surface area contributed by atoms with Crippen molar-refractivity contribution in [2.75, 3.05) is 6.61 Å². The highest BCUT2D eigenvalue weighted by molar-refractivity contribution is 7.80. The largest absolute Gasteiger partial charge is 0.391 e. The Morgan fingerprint density at radius 2 is 2.36 bits per heavy atom. The lowest BCUT2D eigenvalue weighted by molar-refractivity contribution is 0.0875. The molecule has 0 heterocycles. The Labute approximate surface area is 73.1 Å². The normalized spacial score (nSPS) is 19.7. The second kappa shape index (κ2) is 4.02. The average molecular weight is 173 g/mol. The highest BCUT2D eigenvalue weighted by Gasteiger charge is 2.23. The number of hydrogen-bond acceptors (Lipinski definition) is 2. The van der Waals surface area contributed by atoms with E-state index in [1.807, 2.05) is 6.92 Å². The fourth-order valence-electron chi connectivity index (χ4n) is 0.938. The summed E-state index contributed by atoms with van der Waals surface area (Å²) in [5, 5.41) is 0. The van der Waals surface area contributed by atoms with Crippen molar-refractivity contribution < 1.29 is 4.74 Å². The summed E-state index contributed by atoms with van der Waals surface area (Å²) in [4.78, 5) is 0.494. The zero-order valence-electron chi connectivity index (χ0n) is 6.88. The minimum Gasteiger partial charge on any atom is -0.391 e. The van der Waals surface area contributed by atoms with Gasteiger partial charge < -0.3 is 10.5 Å². The van der Waals surface area contributed by atoms with Crippen molar-refractivity contribution in [1.82, 2.24) is 0 Å². The standard InChI is InChI=1S/C8H15NOS/c1-2-7(8(9)11)10-5-6-3-4-6/h6-7H,2-5H2,1H3,(H2,9,11). The van der Waals surface area contributed by atoms with Gasteiger partial charge in [-0.15, -0.1) is 0 Å². The van der Waals surface area contributed by atoms with Gasteiger partial charge in [0.2, 0.25) is 0 Å². The molecule has 1 unspecified atom stereocenters. The van der Waals surface area contributed by atoms with Gasteiger partial charge >= 0.3 is 0 Å². The van der Waals surface area contributed by atoms with Crippen LogP contribution >= 0.6 is 12.2 Å². The van der Waals surface area contributed by atoms with Crippen LogP contribution in [0.1, 0.15) is 26.2 Å². The molecule has 0 bridgehead atoms. The fourth-order valence-corrected chi connectivity index (χ4v) is 1.17. The van der Waals surface area contributed by atoms with Crippen LogP contribution < -0.4 is 5.73 Å². The summed E-state index contributed by atoms with van der Waals surface area (Å²) >= 11 is 4.84. The third-order valence-corrected chi connectivity index (χ3v) is 2.18. The molecule has 0 aromatic rings. The molecule has 0 spiro atoms. The maximum Gasteiger partial charge on any atom is 0.107 e. The number of rotatable bonds is 5. The summed E-state index contributed by atoms with van der Waals surface area (Å²) in [6, 6.07) is 0. The molecule has 2 N–H and O–H groups in total. The zero-order valence-corrected chi connectivity index (χ0v) is 7.69. The van der Waals surface area contributed by atoms with Gasteiger partial charge in [0.05, 0.1) is 6.61 Å². The first-order valence-corrected chi connectivity index (χ1v) is 4.55. The summed E-state index contributed by atoms with van der Waals surface area (Å²) < 4.78 is 5.51. The van der Waals surface area contributed by atoms with Gasteiger partial charge in [-0.1, -0.05) is 19.1 Å². The zero-order chi connectivity index (χ0) is 8.27. The summed E-state index contributed by atoms with van der Waals surface area (Å²) in [6.45, 7) is 2.88. The van der Waals surface area contributed by atoms with E-state index in [1.165, 1.54) is 12.8 Å². The van der Waals surface area contributed by atoms with Crippen LogP contribution in [0.25, 0.3) is 0 Å². The van der Waals surface area contributed by atoms with Gasteiger partial charge in [0.15, 0.2) is 0 Å². The van der Waals surface area contributed by atoms with E-state index in [-0.39, 0.29) is 6.10 Å². The molecule has 2 nitrogen and oxygen atoms in total. The lowest BCUT2D eigenvalue weighted by Crippen LogP contribution is -2.29. The van der Waals surface area contributed by atoms with Crippen molar-refractivity contribution in [1.29, 1.82) is 0 Å². The van der Waals surface area contributed by atoms with Gasteiger partial charge in [-0.3, -0.25) is 0 Å². The first-order chi connectivity index (χ1) is 5.24. The number of ether oxygens (including phenoxy) is 1. The molecule has 0 radical (unpaired) electrons. The van der Waals surface area contributed by atoms with E-state index < -0.39 is 0 Å². The Morgan fingerprint density at radius 1 is 1.73 bits per heavy atom. The molecule has 0 aromatic heterocycles. The van der Waals surface area contributed by atoms with Gasteiger partial charge in [0.25, 0.3) is 0 Å². The topological polar surface area (TPSA) is 35.2 Å². The van der Waals surface area contributed by atoms with Gasteiger partial charge in [0.1, 0.15) is 11.1 Å². The monoisotopic (exact) mass is 173 g/mol. The number of hydrogen-bond donors (Lipinski definition) is 1. The lowest BCUT2D eigenvalue weighted by atomic mass is 10.3. The molecule has 1 aliphatic carbocycles. The smallest absolute Gasteiger partial charge is 0.107 e. The van der Waals surface area contributed by atoms with Crippen LogP contribution in [-0.2, 0) is 4.74 Å². The van der Waals surface area contributed by atoms with Crippen molar-refractivity contribution in [2.24, 2.45) is 11.7 Å². The molecule has 64 valence electrons. The van der Waals surface area contributed by atoms with E-state index >= 15 is 0 Å². The summed E-state index contributed by atoms with van der Waals surface area (Å²) in [5.74, 6) is 0.790. The van der Waals surface area contributed by atoms with Crippen LogP contribution in [0.4, 0.5) is 0 Å². The predicted molar refractivity (Wildman–Crippen MR) is 49.5 cm³/mol.